The summed E-state index contributed by atoms with van der Waals surface area (Å²) in [4.78, 5) is 11.4. The molecule has 5 heteroatoms. The summed E-state index contributed by atoms with van der Waals surface area (Å²) in [5.74, 6) is 5.00. The van der Waals surface area contributed by atoms with Crippen LogP contribution in [0.4, 0.5) is 0 Å². The van der Waals surface area contributed by atoms with Crippen molar-refractivity contribution in [1.29, 1.82) is 0 Å². The van der Waals surface area contributed by atoms with Gasteiger partial charge in [-0.3, -0.25) is 4.57 Å². The van der Waals surface area contributed by atoms with Crippen molar-refractivity contribution in [2.24, 2.45) is 18.0 Å². The molecule has 2 N–H and O–H groups in total. The number of benzene rings is 1. The van der Waals surface area contributed by atoms with Gasteiger partial charge in [0.15, 0.2) is 5.58 Å². The number of aryl methyl sites for hydroxylation is 1. The number of hydrazone groups is 1. The average molecular weight is 245 g/mol. The summed E-state index contributed by atoms with van der Waals surface area (Å²) < 4.78 is 6.52. The number of hydrogen-bond donors (Lipinski definition) is 1. The number of allylic oxidation sites excluding steroid dienone is 2. The lowest BCUT2D eigenvalue weighted by Crippen LogP contribution is -2.08. The fourth-order valence-electron chi connectivity index (χ4n) is 1.73. The molecule has 2 aromatic rings. The third kappa shape index (κ3) is 2.07. The minimum absolute atomic E-state index is 0.377. The lowest BCUT2D eigenvalue weighted by Gasteiger charge is -2.00. The zero-order valence-electron chi connectivity index (χ0n) is 10.4. The third-order valence-electron chi connectivity index (χ3n) is 2.74. The summed E-state index contributed by atoms with van der Waals surface area (Å²) in [6, 6.07) is 5.42. The molecular formula is C13H15N3O2. The Bertz CT molecular complexity index is 677. The Morgan fingerprint density at radius 2 is 2.33 bits per heavy atom. The quantitative estimate of drug-likeness (QED) is 0.508. The van der Waals surface area contributed by atoms with Gasteiger partial charge in [0.05, 0.1) is 11.2 Å². The molecule has 1 aromatic heterocycles. The first-order valence-corrected chi connectivity index (χ1v) is 5.71. The van der Waals surface area contributed by atoms with Gasteiger partial charge in [0.25, 0.3) is 0 Å². The van der Waals surface area contributed by atoms with Gasteiger partial charge in [0.2, 0.25) is 0 Å². The van der Waals surface area contributed by atoms with E-state index in [9.17, 15) is 4.79 Å². The number of oxazole rings is 1. The smallest absolute Gasteiger partial charge is 0.408 e. The second kappa shape index (κ2) is 4.91. The van der Waals surface area contributed by atoms with Crippen molar-refractivity contribution >= 4 is 16.8 Å². The van der Waals surface area contributed by atoms with Crippen molar-refractivity contribution in [3.05, 3.63) is 46.5 Å². The van der Waals surface area contributed by atoms with Crippen LogP contribution < -0.4 is 11.6 Å². The van der Waals surface area contributed by atoms with Gasteiger partial charge < -0.3 is 10.3 Å². The van der Waals surface area contributed by atoms with Crippen LogP contribution in [-0.4, -0.2) is 10.3 Å². The molecule has 2 rings (SSSR count). The highest BCUT2D eigenvalue weighted by Gasteiger charge is 2.08. The van der Waals surface area contributed by atoms with E-state index in [1.165, 1.54) is 4.57 Å². The number of nitrogens with two attached hydrogens (primary N) is 1. The van der Waals surface area contributed by atoms with Crippen LogP contribution in [0.25, 0.3) is 11.1 Å². The first kappa shape index (κ1) is 12.2. The zero-order valence-corrected chi connectivity index (χ0v) is 10.4. The van der Waals surface area contributed by atoms with Crippen molar-refractivity contribution in [1.82, 2.24) is 4.57 Å². The van der Waals surface area contributed by atoms with Crippen molar-refractivity contribution < 1.29 is 4.42 Å². The molecule has 0 aliphatic rings. The summed E-state index contributed by atoms with van der Waals surface area (Å²) in [5.41, 5.74) is 2.81. The molecule has 5 nitrogen and oxygen atoms in total. The maximum atomic E-state index is 11.4. The Labute approximate surface area is 104 Å². The number of nitrogens with zero attached hydrogens (tertiary/aromatic N) is 2. The highest BCUT2D eigenvalue weighted by atomic mass is 16.4. The van der Waals surface area contributed by atoms with Gasteiger partial charge in [0.1, 0.15) is 0 Å². The van der Waals surface area contributed by atoms with Crippen LogP contribution in [0.1, 0.15) is 18.9 Å². The maximum Gasteiger partial charge on any atom is 0.419 e. The van der Waals surface area contributed by atoms with Gasteiger partial charge in [-0.25, -0.2) is 4.79 Å². The van der Waals surface area contributed by atoms with Crippen molar-refractivity contribution in [3.63, 3.8) is 0 Å². The van der Waals surface area contributed by atoms with E-state index in [1.54, 1.807) is 13.1 Å². The van der Waals surface area contributed by atoms with E-state index in [-0.39, 0.29) is 5.76 Å². The van der Waals surface area contributed by atoms with E-state index in [2.05, 4.69) is 5.10 Å². The molecule has 18 heavy (non-hydrogen) atoms. The summed E-state index contributed by atoms with van der Waals surface area (Å²) >= 11 is 0. The first-order valence-electron chi connectivity index (χ1n) is 5.71. The van der Waals surface area contributed by atoms with E-state index in [4.69, 9.17) is 10.3 Å². The van der Waals surface area contributed by atoms with Gasteiger partial charge in [-0.2, -0.15) is 5.10 Å². The van der Waals surface area contributed by atoms with E-state index in [1.807, 2.05) is 31.2 Å². The highest BCUT2D eigenvalue weighted by molar-refractivity contribution is 6.09. The molecule has 0 unspecified atom stereocenters. The van der Waals surface area contributed by atoms with Crippen molar-refractivity contribution in [3.8, 4) is 0 Å². The molecule has 0 atom stereocenters. The summed E-state index contributed by atoms with van der Waals surface area (Å²) in [6.45, 7) is 2.04. The largest absolute Gasteiger partial charge is 0.419 e. The Balaban J connectivity index is 2.55. The van der Waals surface area contributed by atoms with Crippen LogP contribution >= 0.6 is 0 Å². The molecule has 0 bridgehead atoms. The fraction of sp³-hybridized carbons (Fsp3) is 0.231. The topological polar surface area (TPSA) is 73.5 Å². The van der Waals surface area contributed by atoms with Crippen LogP contribution in [0.15, 0.2) is 44.7 Å². The molecule has 0 aliphatic heterocycles. The minimum Gasteiger partial charge on any atom is -0.408 e. The van der Waals surface area contributed by atoms with E-state index < -0.39 is 0 Å². The lowest BCUT2D eigenvalue weighted by atomic mass is 10.1. The van der Waals surface area contributed by atoms with Gasteiger partial charge in [-0.05, 0) is 30.7 Å². The van der Waals surface area contributed by atoms with E-state index in [0.29, 0.717) is 11.3 Å². The summed E-state index contributed by atoms with van der Waals surface area (Å²) in [5, 5.41) is 3.75. The molecular weight excluding hydrogens is 230 g/mol. The van der Waals surface area contributed by atoms with Crippen molar-refractivity contribution in [2.45, 2.75) is 13.3 Å². The second-order valence-corrected chi connectivity index (χ2v) is 3.93. The monoisotopic (exact) mass is 245 g/mol. The molecule has 0 amide bonds. The van der Waals surface area contributed by atoms with Gasteiger partial charge >= 0.3 is 5.76 Å². The molecule has 1 heterocycles. The van der Waals surface area contributed by atoms with Crippen LogP contribution in [0.2, 0.25) is 0 Å². The second-order valence-electron chi connectivity index (χ2n) is 3.93. The van der Waals surface area contributed by atoms with E-state index >= 15 is 0 Å². The van der Waals surface area contributed by atoms with Crippen LogP contribution in [0.5, 0.6) is 0 Å². The highest BCUT2D eigenvalue weighted by Crippen LogP contribution is 2.15. The zero-order chi connectivity index (χ0) is 13.1. The Morgan fingerprint density at radius 1 is 1.56 bits per heavy atom. The first-order chi connectivity index (χ1) is 8.67. The Kier molecular flexibility index (Phi) is 3.32. The van der Waals surface area contributed by atoms with Crippen LogP contribution in [-0.2, 0) is 7.05 Å². The van der Waals surface area contributed by atoms with Gasteiger partial charge in [-0.1, -0.05) is 13.0 Å². The lowest BCUT2D eigenvalue weighted by molar-refractivity contribution is 0.528. The summed E-state index contributed by atoms with van der Waals surface area (Å²) in [7, 11) is 1.67. The number of rotatable bonds is 3. The molecule has 0 saturated heterocycles. The average Bonchev–Trinajstić information content (AvgIpc) is 2.66. The normalized spacial score (nSPS) is 12.7. The maximum absolute atomic E-state index is 11.4. The predicted octanol–water partition coefficient (Wildman–Crippen LogP) is 1.76. The molecule has 94 valence electrons. The summed E-state index contributed by atoms with van der Waals surface area (Å²) in [6.07, 6.45) is 4.75. The molecule has 1 aromatic carbocycles. The molecule has 0 fully saturated rings. The van der Waals surface area contributed by atoms with Crippen LogP contribution in [0.3, 0.4) is 0 Å². The molecule has 0 spiro atoms. The Morgan fingerprint density at radius 3 is 3.00 bits per heavy atom. The van der Waals surface area contributed by atoms with Gasteiger partial charge in [-0.15, -0.1) is 0 Å². The minimum atomic E-state index is -0.377. The molecule has 0 aliphatic carbocycles. The van der Waals surface area contributed by atoms with Crippen molar-refractivity contribution in [2.75, 3.05) is 0 Å². The fourth-order valence-corrected chi connectivity index (χ4v) is 1.73. The van der Waals surface area contributed by atoms with Gasteiger partial charge in [0, 0.05) is 12.6 Å². The number of hydrogen-bond acceptors (Lipinski definition) is 4. The predicted molar refractivity (Wildman–Crippen MR) is 71.6 cm³/mol. The number of aromatic nitrogens is 1. The molecule has 0 saturated carbocycles. The standard InChI is InChI=1S/C13H15N3O2/c1-3-4-5-10(15-14)9-6-7-12-11(8-9)16(2)13(17)18-12/h4-8H,3,14H2,1-2H3/b5-4-,15-10+. The SMILES string of the molecule is CC/C=C\C(=N/N)c1ccc2oc(=O)n(C)c2c1. The molecule has 0 radical (unpaired) electrons. The van der Waals surface area contributed by atoms with E-state index in [0.717, 1.165) is 17.5 Å². The third-order valence-corrected chi connectivity index (χ3v) is 2.74. The van der Waals surface area contributed by atoms with Crippen LogP contribution in [0, 0.1) is 0 Å². The number of fused-ring (bicyclic) bond motifs is 1. The Hall–Kier alpha value is -2.30.